The van der Waals surface area contributed by atoms with Crippen molar-refractivity contribution in [1.29, 1.82) is 0 Å². The van der Waals surface area contributed by atoms with Gasteiger partial charge in [0.15, 0.2) is 0 Å². The molecule has 0 spiro atoms. The number of aromatic nitrogens is 2. The van der Waals surface area contributed by atoms with Crippen molar-refractivity contribution in [2.75, 3.05) is 12.8 Å². The highest BCUT2D eigenvalue weighted by atomic mass is 16.6. The normalized spacial score (nSPS) is 12.2. The van der Waals surface area contributed by atoms with Crippen LogP contribution >= 0.6 is 0 Å². The van der Waals surface area contributed by atoms with E-state index in [-0.39, 0.29) is 17.4 Å². The van der Waals surface area contributed by atoms with Gasteiger partial charge in [-0.1, -0.05) is 13.8 Å². The van der Waals surface area contributed by atoms with Crippen molar-refractivity contribution < 1.29 is 19.0 Å². The third-order valence-corrected chi connectivity index (χ3v) is 2.23. The summed E-state index contributed by atoms with van der Waals surface area (Å²) in [5.74, 6) is -1.06. The van der Waals surface area contributed by atoms with E-state index in [0.29, 0.717) is 6.42 Å². The first kappa shape index (κ1) is 13.9. The third kappa shape index (κ3) is 3.44. The summed E-state index contributed by atoms with van der Waals surface area (Å²) in [6, 6.07) is -0.751. The van der Waals surface area contributed by atoms with Gasteiger partial charge in [-0.3, -0.25) is 4.79 Å². The lowest BCUT2D eigenvalue weighted by molar-refractivity contribution is -0.143. The van der Waals surface area contributed by atoms with Crippen LogP contribution in [-0.4, -0.2) is 35.3 Å². The minimum atomic E-state index is -0.751. The Bertz CT molecular complexity index is 429. The molecule has 1 heterocycles. The number of ether oxygens (including phenoxy) is 1. The van der Waals surface area contributed by atoms with Gasteiger partial charge in [0.05, 0.1) is 7.11 Å². The van der Waals surface area contributed by atoms with E-state index in [2.05, 4.69) is 25.0 Å². The molecule has 0 aliphatic carbocycles. The number of amides is 1. The molecule has 0 aromatic carbocycles. The zero-order valence-corrected chi connectivity index (χ0v) is 10.5. The lowest BCUT2D eigenvalue weighted by Gasteiger charge is -2.17. The first-order valence-corrected chi connectivity index (χ1v) is 5.42. The predicted octanol–water partition coefficient (Wildman–Crippen LogP) is -0.0307. The number of hydrogen-bond donors (Lipinski definition) is 2. The molecule has 0 radical (unpaired) electrons. The summed E-state index contributed by atoms with van der Waals surface area (Å²) < 4.78 is 8.93. The Hall–Kier alpha value is -2.12. The van der Waals surface area contributed by atoms with Gasteiger partial charge in [-0.05, 0) is 22.7 Å². The fraction of sp³-hybridized carbons (Fsp3) is 0.600. The van der Waals surface area contributed by atoms with Gasteiger partial charge in [0.2, 0.25) is 11.5 Å². The molecule has 8 nitrogen and oxygen atoms in total. The molecule has 1 aromatic heterocycles. The monoisotopic (exact) mass is 256 g/mol. The van der Waals surface area contributed by atoms with Crippen LogP contribution in [0.15, 0.2) is 4.63 Å². The zero-order valence-electron chi connectivity index (χ0n) is 10.5. The van der Waals surface area contributed by atoms with Crippen LogP contribution in [0.1, 0.15) is 30.8 Å². The number of nitrogens with one attached hydrogen (secondary N) is 1. The molecule has 1 rings (SSSR count). The molecule has 0 aliphatic rings. The summed E-state index contributed by atoms with van der Waals surface area (Å²) in [6.45, 7) is 3.85. The van der Waals surface area contributed by atoms with Crippen LogP contribution in [0.3, 0.4) is 0 Å². The van der Waals surface area contributed by atoms with Crippen molar-refractivity contribution in [3.63, 3.8) is 0 Å². The molecule has 1 aromatic rings. The Morgan fingerprint density at radius 1 is 1.44 bits per heavy atom. The number of hydrogen-bond acceptors (Lipinski definition) is 7. The Morgan fingerprint density at radius 3 is 2.56 bits per heavy atom. The maximum atomic E-state index is 11.8. The molecule has 0 aliphatic heterocycles. The van der Waals surface area contributed by atoms with Crippen molar-refractivity contribution in [2.45, 2.75) is 26.3 Å². The molecule has 1 unspecified atom stereocenters. The number of methoxy groups -OCH3 is 1. The first-order chi connectivity index (χ1) is 8.45. The van der Waals surface area contributed by atoms with Crippen LogP contribution in [0.2, 0.25) is 0 Å². The molecule has 100 valence electrons. The van der Waals surface area contributed by atoms with E-state index in [1.807, 2.05) is 13.8 Å². The van der Waals surface area contributed by atoms with E-state index in [1.165, 1.54) is 7.11 Å². The van der Waals surface area contributed by atoms with Crippen LogP contribution in [0, 0.1) is 5.92 Å². The second kappa shape index (κ2) is 5.99. The molecule has 18 heavy (non-hydrogen) atoms. The fourth-order valence-electron chi connectivity index (χ4n) is 1.41. The minimum Gasteiger partial charge on any atom is -0.467 e. The highest BCUT2D eigenvalue weighted by Crippen LogP contribution is 2.09. The summed E-state index contributed by atoms with van der Waals surface area (Å²) in [6.07, 6.45) is 0.448. The van der Waals surface area contributed by atoms with Gasteiger partial charge < -0.3 is 15.8 Å². The maximum Gasteiger partial charge on any atom is 0.328 e. The average Bonchev–Trinajstić information content (AvgIpc) is 2.73. The second-order valence-electron chi connectivity index (χ2n) is 4.18. The Kier molecular flexibility index (Phi) is 4.64. The molecule has 0 fully saturated rings. The molecule has 0 bridgehead atoms. The van der Waals surface area contributed by atoms with Gasteiger partial charge in [-0.15, -0.1) is 0 Å². The quantitative estimate of drug-likeness (QED) is 0.709. The van der Waals surface area contributed by atoms with Gasteiger partial charge >= 0.3 is 5.97 Å². The highest BCUT2D eigenvalue weighted by Gasteiger charge is 2.25. The number of rotatable bonds is 5. The van der Waals surface area contributed by atoms with Crippen LogP contribution in [0.5, 0.6) is 0 Å². The largest absolute Gasteiger partial charge is 0.467 e. The Balaban J connectivity index is 2.74. The summed E-state index contributed by atoms with van der Waals surface area (Å²) in [5, 5.41) is 9.13. The standard InChI is InChI=1S/C10H16N4O4/c1-5(2)4-6(10(16)17-3)12-9(15)7-8(11)14-18-13-7/h5-6H,4H2,1-3H3,(H2,11,14)(H,12,15). The van der Waals surface area contributed by atoms with Crippen LogP contribution < -0.4 is 11.1 Å². The van der Waals surface area contributed by atoms with Crippen LogP contribution in [0.25, 0.3) is 0 Å². The fourth-order valence-corrected chi connectivity index (χ4v) is 1.41. The predicted molar refractivity (Wildman–Crippen MR) is 61.4 cm³/mol. The smallest absolute Gasteiger partial charge is 0.328 e. The number of nitrogens with zero attached hydrogens (tertiary/aromatic N) is 2. The van der Waals surface area contributed by atoms with Crippen molar-refractivity contribution in [3.05, 3.63) is 5.69 Å². The Labute approximate surface area is 104 Å². The Morgan fingerprint density at radius 2 is 2.11 bits per heavy atom. The lowest BCUT2D eigenvalue weighted by atomic mass is 10.0. The number of nitrogens with two attached hydrogens (primary N) is 1. The van der Waals surface area contributed by atoms with E-state index in [9.17, 15) is 9.59 Å². The minimum absolute atomic E-state index is 0.124. The van der Waals surface area contributed by atoms with Crippen molar-refractivity contribution >= 4 is 17.7 Å². The molecular formula is C10H16N4O4. The summed E-state index contributed by atoms with van der Waals surface area (Å²) in [7, 11) is 1.26. The average molecular weight is 256 g/mol. The second-order valence-corrected chi connectivity index (χ2v) is 4.18. The van der Waals surface area contributed by atoms with Crippen molar-refractivity contribution in [1.82, 2.24) is 15.6 Å². The van der Waals surface area contributed by atoms with Gasteiger partial charge in [0.1, 0.15) is 6.04 Å². The third-order valence-electron chi connectivity index (χ3n) is 2.23. The molecule has 8 heteroatoms. The first-order valence-electron chi connectivity index (χ1n) is 5.42. The van der Waals surface area contributed by atoms with Gasteiger partial charge in [0.25, 0.3) is 5.91 Å². The molecular weight excluding hydrogens is 240 g/mol. The van der Waals surface area contributed by atoms with Gasteiger partial charge in [-0.25, -0.2) is 9.42 Å². The molecule has 0 saturated carbocycles. The van der Waals surface area contributed by atoms with Crippen molar-refractivity contribution in [3.8, 4) is 0 Å². The van der Waals surface area contributed by atoms with Gasteiger partial charge in [0, 0.05) is 0 Å². The summed E-state index contributed by atoms with van der Waals surface area (Å²) in [4.78, 5) is 23.3. The van der Waals surface area contributed by atoms with Gasteiger partial charge in [-0.2, -0.15) is 0 Å². The number of esters is 1. The number of carbonyl (C=O) groups excluding carboxylic acids is 2. The molecule has 3 N–H and O–H groups in total. The highest BCUT2D eigenvalue weighted by molar-refractivity contribution is 5.98. The van der Waals surface area contributed by atoms with Crippen LogP contribution in [-0.2, 0) is 9.53 Å². The topological polar surface area (TPSA) is 120 Å². The summed E-state index contributed by atoms with van der Waals surface area (Å²) >= 11 is 0. The van der Waals surface area contributed by atoms with E-state index in [0.717, 1.165) is 0 Å². The maximum absolute atomic E-state index is 11.8. The van der Waals surface area contributed by atoms with E-state index < -0.39 is 17.9 Å². The number of carbonyl (C=O) groups is 2. The molecule has 0 saturated heterocycles. The van der Waals surface area contributed by atoms with E-state index in [4.69, 9.17) is 5.73 Å². The van der Waals surface area contributed by atoms with E-state index in [1.54, 1.807) is 0 Å². The molecule has 1 amide bonds. The van der Waals surface area contributed by atoms with Crippen LogP contribution in [0.4, 0.5) is 5.82 Å². The SMILES string of the molecule is COC(=O)C(CC(C)C)NC(=O)c1nonc1N. The zero-order chi connectivity index (χ0) is 13.7. The van der Waals surface area contributed by atoms with E-state index >= 15 is 0 Å². The number of anilines is 1. The lowest BCUT2D eigenvalue weighted by Crippen LogP contribution is -2.42. The summed E-state index contributed by atoms with van der Waals surface area (Å²) in [5.41, 5.74) is 5.24. The number of nitrogen functional groups attached to an aromatic ring is 1. The van der Waals surface area contributed by atoms with Crippen molar-refractivity contribution in [2.24, 2.45) is 5.92 Å². The molecule has 1 atom stereocenters.